The summed E-state index contributed by atoms with van der Waals surface area (Å²) in [6.45, 7) is 0.967. The number of halogens is 2. The molecule has 1 heterocycles. The molecule has 3 aromatic rings. The Bertz CT molecular complexity index is 1190. The molecule has 0 bridgehead atoms. The van der Waals surface area contributed by atoms with E-state index in [0.717, 1.165) is 27.8 Å². The number of anilines is 1. The average molecular weight is 409 g/mol. The molecule has 0 aliphatic carbocycles. The monoisotopic (exact) mass is 409 g/mol. The van der Waals surface area contributed by atoms with Gasteiger partial charge in [0.1, 0.15) is 23.7 Å². The molecule has 6 nitrogen and oxygen atoms in total. The number of nitrogens with zero attached hydrogens (tertiary/aromatic N) is 1. The van der Waals surface area contributed by atoms with Gasteiger partial charge in [-0.15, -0.1) is 0 Å². The second-order valence-electron chi connectivity index (χ2n) is 7.15. The van der Waals surface area contributed by atoms with Gasteiger partial charge >= 0.3 is 6.03 Å². The van der Waals surface area contributed by atoms with Crippen LogP contribution in [0.1, 0.15) is 12.5 Å². The first-order valence-electron chi connectivity index (χ1n) is 9.17. The maximum Gasteiger partial charge on any atom is 0.325 e. The van der Waals surface area contributed by atoms with E-state index < -0.39 is 41.6 Å². The van der Waals surface area contributed by atoms with Crippen molar-refractivity contribution in [1.29, 1.82) is 0 Å². The van der Waals surface area contributed by atoms with Crippen molar-refractivity contribution in [2.75, 3.05) is 11.9 Å². The molecule has 0 radical (unpaired) electrons. The highest BCUT2D eigenvalue weighted by molar-refractivity contribution is 6.11. The number of benzene rings is 3. The molecule has 4 amide bonds. The van der Waals surface area contributed by atoms with Gasteiger partial charge in [0.15, 0.2) is 0 Å². The topological polar surface area (TPSA) is 78.5 Å². The van der Waals surface area contributed by atoms with Gasteiger partial charge in [0.25, 0.3) is 5.91 Å². The van der Waals surface area contributed by atoms with E-state index in [1.165, 1.54) is 0 Å². The predicted octanol–water partition coefficient (Wildman–Crippen LogP) is 3.52. The van der Waals surface area contributed by atoms with Crippen LogP contribution in [0.4, 0.5) is 19.3 Å². The molecular formula is C22H17F2N3O3. The smallest absolute Gasteiger partial charge is 0.322 e. The summed E-state index contributed by atoms with van der Waals surface area (Å²) < 4.78 is 26.8. The zero-order valence-corrected chi connectivity index (χ0v) is 15.9. The number of fused-ring (bicyclic) bond motifs is 1. The zero-order chi connectivity index (χ0) is 21.5. The van der Waals surface area contributed by atoms with Gasteiger partial charge in [-0.25, -0.2) is 13.6 Å². The fourth-order valence-corrected chi connectivity index (χ4v) is 3.61. The van der Waals surface area contributed by atoms with Crippen LogP contribution in [0, 0.1) is 11.6 Å². The molecule has 1 atom stereocenters. The van der Waals surface area contributed by atoms with E-state index in [2.05, 4.69) is 10.6 Å². The maximum atomic E-state index is 13.8. The van der Waals surface area contributed by atoms with Gasteiger partial charge in [-0.05, 0) is 35.4 Å². The van der Waals surface area contributed by atoms with Crippen molar-refractivity contribution in [2.45, 2.75) is 12.5 Å². The Morgan fingerprint density at radius 3 is 2.57 bits per heavy atom. The van der Waals surface area contributed by atoms with Crippen molar-refractivity contribution in [3.63, 3.8) is 0 Å². The van der Waals surface area contributed by atoms with Crippen LogP contribution in [0.5, 0.6) is 0 Å². The third-order valence-corrected chi connectivity index (χ3v) is 5.11. The Morgan fingerprint density at radius 2 is 1.80 bits per heavy atom. The number of nitrogens with one attached hydrogen (secondary N) is 2. The summed E-state index contributed by atoms with van der Waals surface area (Å²) in [5, 5.41) is 6.61. The Balaban J connectivity index is 1.58. The normalized spacial score (nSPS) is 18.6. The van der Waals surface area contributed by atoms with Crippen molar-refractivity contribution >= 4 is 34.3 Å². The highest BCUT2D eigenvalue weighted by Crippen LogP contribution is 2.33. The maximum absolute atomic E-state index is 13.8. The highest BCUT2D eigenvalue weighted by Gasteiger charge is 2.50. The van der Waals surface area contributed by atoms with Gasteiger partial charge in [-0.2, -0.15) is 0 Å². The third kappa shape index (κ3) is 3.26. The van der Waals surface area contributed by atoms with Crippen molar-refractivity contribution in [3.8, 4) is 0 Å². The lowest BCUT2D eigenvalue weighted by Gasteiger charge is -2.24. The number of hydrogen-bond donors (Lipinski definition) is 2. The Morgan fingerprint density at radius 1 is 1.07 bits per heavy atom. The van der Waals surface area contributed by atoms with Gasteiger partial charge in [-0.3, -0.25) is 14.5 Å². The molecule has 152 valence electrons. The second-order valence-corrected chi connectivity index (χ2v) is 7.15. The van der Waals surface area contributed by atoms with Gasteiger partial charge < -0.3 is 10.6 Å². The summed E-state index contributed by atoms with van der Waals surface area (Å²) >= 11 is 0. The van der Waals surface area contributed by atoms with E-state index in [4.69, 9.17) is 0 Å². The quantitative estimate of drug-likeness (QED) is 0.647. The molecule has 1 saturated heterocycles. The summed E-state index contributed by atoms with van der Waals surface area (Å²) in [6.07, 6.45) is 0. The van der Waals surface area contributed by atoms with Crippen LogP contribution in [0.15, 0.2) is 60.7 Å². The van der Waals surface area contributed by atoms with Crippen molar-refractivity contribution in [1.82, 2.24) is 10.2 Å². The van der Waals surface area contributed by atoms with E-state index in [1.54, 1.807) is 19.1 Å². The number of imide groups is 1. The van der Waals surface area contributed by atoms with Crippen LogP contribution < -0.4 is 10.6 Å². The largest absolute Gasteiger partial charge is 0.325 e. The molecule has 1 aliphatic heterocycles. The van der Waals surface area contributed by atoms with E-state index >= 15 is 0 Å². The summed E-state index contributed by atoms with van der Waals surface area (Å²) in [7, 11) is 0. The first kappa shape index (κ1) is 19.5. The van der Waals surface area contributed by atoms with E-state index in [-0.39, 0.29) is 5.69 Å². The first-order valence-corrected chi connectivity index (χ1v) is 9.17. The third-order valence-electron chi connectivity index (χ3n) is 5.11. The molecule has 4 rings (SSSR count). The summed E-state index contributed by atoms with van der Waals surface area (Å²) in [5.41, 5.74) is -1.00. The number of rotatable bonds is 4. The minimum Gasteiger partial charge on any atom is -0.322 e. The summed E-state index contributed by atoms with van der Waals surface area (Å²) in [5.74, 6) is -3.13. The van der Waals surface area contributed by atoms with Crippen molar-refractivity contribution < 1.29 is 23.2 Å². The minimum atomic E-state index is -1.36. The lowest BCUT2D eigenvalue weighted by atomic mass is 9.88. The number of urea groups is 1. The number of amides is 4. The van der Waals surface area contributed by atoms with Gasteiger partial charge in [-0.1, -0.05) is 42.5 Å². The Kier molecular flexibility index (Phi) is 4.69. The van der Waals surface area contributed by atoms with E-state index in [0.29, 0.717) is 11.6 Å². The minimum absolute atomic E-state index is 0.245. The molecule has 1 fully saturated rings. The van der Waals surface area contributed by atoms with Crippen LogP contribution in [0.3, 0.4) is 0 Å². The SMILES string of the molecule is C[C@@]1(c2cccc3ccccc23)NC(=O)N(CC(=O)Nc2ccc(F)cc2F)C1=O. The van der Waals surface area contributed by atoms with Gasteiger partial charge in [0, 0.05) is 6.07 Å². The van der Waals surface area contributed by atoms with Gasteiger partial charge in [0.2, 0.25) is 5.91 Å². The lowest BCUT2D eigenvalue weighted by Crippen LogP contribution is -2.42. The zero-order valence-electron chi connectivity index (χ0n) is 15.9. The van der Waals surface area contributed by atoms with Crippen LogP contribution in [0.2, 0.25) is 0 Å². The molecule has 8 heteroatoms. The standard InChI is InChI=1S/C22H17F2N3O3/c1-22(16-8-4-6-13-5-2-3-7-15(13)16)20(29)27(21(30)26-22)12-19(28)25-18-10-9-14(23)11-17(18)24/h2-11H,12H2,1H3,(H,25,28)(H,26,30)/t22-/m0/s1. The number of carbonyl (C=O) groups is 3. The van der Waals surface area contributed by atoms with Crippen LogP contribution in [0.25, 0.3) is 10.8 Å². The van der Waals surface area contributed by atoms with Gasteiger partial charge in [0.05, 0.1) is 5.69 Å². The fourth-order valence-electron chi connectivity index (χ4n) is 3.61. The summed E-state index contributed by atoms with van der Waals surface area (Å²) in [6, 6.07) is 14.8. The molecule has 0 unspecified atom stereocenters. The molecule has 3 aromatic carbocycles. The Labute approximate surface area is 170 Å². The Hall–Kier alpha value is -3.81. The highest BCUT2D eigenvalue weighted by atomic mass is 19.1. The number of hydrogen-bond acceptors (Lipinski definition) is 3. The molecule has 30 heavy (non-hydrogen) atoms. The van der Waals surface area contributed by atoms with Crippen molar-refractivity contribution in [3.05, 3.63) is 77.9 Å². The fraction of sp³-hybridized carbons (Fsp3) is 0.136. The van der Waals surface area contributed by atoms with Crippen LogP contribution >= 0.6 is 0 Å². The number of carbonyl (C=O) groups excluding carboxylic acids is 3. The van der Waals surface area contributed by atoms with E-state index in [9.17, 15) is 23.2 Å². The summed E-state index contributed by atoms with van der Waals surface area (Å²) in [4.78, 5) is 38.7. The molecular weight excluding hydrogens is 392 g/mol. The molecule has 0 spiro atoms. The molecule has 2 N–H and O–H groups in total. The van der Waals surface area contributed by atoms with E-state index in [1.807, 2.05) is 30.3 Å². The molecule has 0 saturated carbocycles. The van der Waals surface area contributed by atoms with Crippen LogP contribution in [-0.2, 0) is 15.1 Å². The predicted molar refractivity (Wildman–Crippen MR) is 107 cm³/mol. The molecule has 0 aromatic heterocycles. The average Bonchev–Trinajstić information content (AvgIpc) is 2.93. The molecule has 1 aliphatic rings. The lowest BCUT2D eigenvalue weighted by molar-refractivity contribution is -0.133. The second kappa shape index (κ2) is 7.22. The first-order chi connectivity index (χ1) is 14.3. The van der Waals surface area contributed by atoms with Crippen LogP contribution in [-0.4, -0.2) is 29.3 Å². The van der Waals surface area contributed by atoms with Crippen molar-refractivity contribution in [2.24, 2.45) is 0 Å².